The average Bonchev–Trinajstić information content (AvgIpc) is 2.67. The van der Waals surface area contributed by atoms with E-state index >= 15 is 0 Å². The van der Waals surface area contributed by atoms with Crippen molar-refractivity contribution in [2.45, 2.75) is 5.79 Å². The smallest absolute Gasteiger partial charge is 0.206 e. The summed E-state index contributed by atoms with van der Waals surface area (Å²) >= 11 is 10.4. The highest BCUT2D eigenvalue weighted by molar-refractivity contribution is 9.11. The van der Waals surface area contributed by atoms with Gasteiger partial charge in [-0.15, -0.1) is 0 Å². The second-order valence-corrected chi connectivity index (χ2v) is 5.54. The van der Waals surface area contributed by atoms with Crippen LogP contribution >= 0.6 is 47.8 Å². The van der Waals surface area contributed by atoms with Crippen LogP contribution in [-0.2, 0) is 15.3 Å². The third-order valence-electron chi connectivity index (χ3n) is 2.27. The summed E-state index contributed by atoms with van der Waals surface area (Å²) < 4.78 is 13.4. The number of benzene rings is 1. The molecule has 0 N–H and O–H groups in total. The molecule has 0 aliphatic carbocycles. The van der Waals surface area contributed by atoms with Crippen LogP contribution in [0.5, 0.6) is 0 Å². The Kier molecular flexibility index (Phi) is 3.88. The highest BCUT2D eigenvalue weighted by Gasteiger charge is 2.39. The van der Waals surface area contributed by atoms with E-state index in [-0.39, 0.29) is 0 Å². The van der Waals surface area contributed by atoms with Gasteiger partial charge in [-0.25, -0.2) is 0 Å². The second kappa shape index (κ2) is 4.84. The first-order chi connectivity index (χ1) is 7.18. The fourth-order valence-corrected chi connectivity index (χ4v) is 3.53. The van der Waals surface area contributed by atoms with Gasteiger partial charge in [0.15, 0.2) is 0 Å². The lowest BCUT2D eigenvalue weighted by Crippen LogP contribution is -2.29. The number of hydrogen-bond acceptors (Lipinski definition) is 2. The molecule has 2 nitrogen and oxygen atoms in total. The van der Waals surface area contributed by atoms with Crippen LogP contribution in [0.15, 0.2) is 27.1 Å². The quantitative estimate of drug-likeness (QED) is 0.703. The van der Waals surface area contributed by atoms with Gasteiger partial charge in [0.25, 0.3) is 0 Å². The zero-order valence-electron chi connectivity index (χ0n) is 7.80. The SMILES string of the molecule is BrCC1(c2ccc(Br)cc2Br)OCCO1. The van der Waals surface area contributed by atoms with Crippen molar-refractivity contribution in [3.05, 3.63) is 32.7 Å². The minimum atomic E-state index is -0.639. The maximum absolute atomic E-state index is 5.68. The van der Waals surface area contributed by atoms with Gasteiger partial charge >= 0.3 is 0 Å². The van der Waals surface area contributed by atoms with Gasteiger partial charge in [0.1, 0.15) is 0 Å². The Labute approximate surface area is 114 Å². The van der Waals surface area contributed by atoms with Crippen molar-refractivity contribution in [2.24, 2.45) is 0 Å². The average molecular weight is 401 g/mol. The molecule has 2 rings (SSSR count). The number of hydrogen-bond donors (Lipinski definition) is 0. The zero-order chi connectivity index (χ0) is 10.9. The lowest BCUT2D eigenvalue weighted by atomic mass is 10.1. The Morgan fingerprint density at radius 1 is 1.20 bits per heavy atom. The summed E-state index contributed by atoms with van der Waals surface area (Å²) in [5.74, 6) is -0.639. The summed E-state index contributed by atoms with van der Waals surface area (Å²) in [6.45, 7) is 1.27. The van der Waals surface area contributed by atoms with Crippen LogP contribution in [0.3, 0.4) is 0 Å². The van der Waals surface area contributed by atoms with E-state index in [4.69, 9.17) is 9.47 Å². The molecule has 1 aromatic carbocycles. The van der Waals surface area contributed by atoms with Gasteiger partial charge in [-0.05, 0) is 12.1 Å². The molecule has 1 fully saturated rings. The molecule has 0 spiro atoms. The highest BCUT2D eigenvalue weighted by Crippen LogP contribution is 2.38. The second-order valence-electron chi connectivity index (χ2n) is 3.21. The molecule has 0 radical (unpaired) electrons. The molecule has 0 unspecified atom stereocenters. The van der Waals surface area contributed by atoms with Crippen molar-refractivity contribution >= 4 is 47.8 Å². The minimum absolute atomic E-state index is 0.625. The van der Waals surface area contributed by atoms with Crippen molar-refractivity contribution in [3.63, 3.8) is 0 Å². The van der Waals surface area contributed by atoms with Crippen molar-refractivity contribution < 1.29 is 9.47 Å². The van der Waals surface area contributed by atoms with Gasteiger partial charge in [0.2, 0.25) is 5.79 Å². The van der Waals surface area contributed by atoms with E-state index in [0.717, 1.165) is 14.5 Å². The van der Waals surface area contributed by atoms with E-state index < -0.39 is 5.79 Å². The summed E-state index contributed by atoms with van der Waals surface area (Å²) in [6, 6.07) is 5.97. The van der Waals surface area contributed by atoms with Gasteiger partial charge < -0.3 is 9.47 Å². The molecule has 0 bridgehead atoms. The number of halogens is 3. The molecular formula is C10H9Br3O2. The maximum atomic E-state index is 5.68. The predicted molar refractivity (Wildman–Crippen MR) is 69.2 cm³/mol. The first-order valence-corrected chi connectivity index (χ1v) is 7.18. The molecule has 1 aliphatic heterocycles. The van der Waals surface area contributed by atoms with E-state index in [9.17, 15) is 0 Å². The molecule has 1 aromatic rings. The first kappa shape index (κ1) is 12.0. The normalized spacial score (nSPS) is 19.4. The summed E-state index contributed by atoms with van der Waals surface area (Å²) in [7, 11) is 0. The van der Waals surface area contributed by atoms with Crippen LogP contribution in [0.25, 0.3) is 0 Å². The third-order valence-corrected chi connectivity index (χ3v) is 4.16. The highest BCUT2D eigenvalue weighted by atomic mass is 79.9. The third kappa shape index (κ3) is 2.31. The summed E-state index contributed by atoms with van der Waals surface area (Å²) in [5, 5.41) is 0.625. The van der Waals surface area contributed by atoms with E-state index in [2.05, 4.69) is 47.8 Å². The topological polar surface area (TPSA) is 18.5 Å². The van der Waals surface area contributed by atoms with Crippen molar-refractivity contribution in [2.75, 3.05) is 18.5 Å². The maximum Gasteiger partial charge on any atom is 0.206 e. The van der Waals surface area contributed by atoms with Gasteiger partial charge in [-0.1, -0.05) is 53.9 Å². The molecule has 0 aromatic heterocycles. The zero-order valence-corrected chi connectivity index (χ0v) is 12.6. The summed E-state index contributed by atoms with van der Waals surface area (Å²) in [5.41, 5.74) is 1.01. The lowest BCUT2D eigenvalue weighted by Gasteiger charge is -2.26. The van der Waals surface area contributed by atoms with Crippen LogP contribution in [-0.4, -0.2) is 18.5 Å². The van der Waals surface area contributed by atoms with E-state index in [1.54, 1.807) is 0 Å². The predicted octanol–water partition coefficient (Wildman–Crippen LogP) is 3.81. The Morgan fingerprint density at radius 2 is 1.87 bits per heavy atom. The lowest BCUT2D eigenvalue weighted by molar-refractivity contribution is -0.144. The van der Waals surface area contributed by atoms with Crippen LogP contribution < -0.4 is 0 Å². The van der Waals surface area contributed by atoms with E-state index in [1.807, 2.05) is 18.2 Å². The molecule has 0 amide bonds. The Morgan fingerprint density at radius 3 is 2.40 bits per heavy atom. The van der Waals surface area contributed by atoms with Crippen molar-refractivity contribution in [1.29, 1.82) is 0 Å². The van der Waals surface area contributed by atoms with Crippen LogP contribution in [0.2, 0.25) is 0 Å². The molecule has 0 atom stereocenters. The fourth-order valence-electron chi connectivity index (χ4n) is 1.56. The molecule has 1 saturated heterocycles. The van der Waals surface area contributed by atoms with Crippen LogP contribution in [0.1, 0.15) is 5.56 Å². The molecule has 15 heavy (non-hydrogen) atoms. The number of alkyl halides is 1. The monoisotopic (exact) mass is 398 g/mol. The molecule has 0 saturated carbocycles. The molecule has 1 heterocycles. The fraction of sp³-hybridized carbons (Fsp3) is 0.400. The van der Waals surface area contributed by atoms with Crippen LogP contribution in [0, 0.1) is 0 Å². The Bertz CT molecular complexity index is 362. The Balaban J connectivity index is 2.42. The van der Waals surface area contributed by atoms with Gasteiger partial charge in [-0.3, -0.25) is 0 Å². The first-order valence-electron chi connectivity index (χ1n) is 4.47. The van der Waals surface area contributed by atoms with Gasteiger partial charge in [0, 0.05) is 14.5 Å². The van der Waals surface area contributed by atoms with Gasteiger partial charge in [-0.2, -0.15) is 0 Å². The molecular weight excluding hydrogens is 392 g/mol. The van der Waals surface area contributed by atoms with Crippen molar-refractivity contribution in [3.8, 4) is 0 Å². The molecule has 82 valence electrons. The number of ether oxygens (including phenoxy) is 2. The van der Waals surface area contributed by atoms with Gasteiger partial charge in [0.05, 0.1) is 18.5 Å². The Hall–Kier alpha value is 0.580. The molecule has 5 heteroatoms. The standard InChI is InChI=1S/C10H9Br3O2/c11-6-10(14-3-4-15-10)8-2-1-7(12)5-9(8)13/h1-2,5H,3-4,6H2. The number of rotatable bonds is 2. The molecule has 1 aliphatic rings. The van der Waals surface area contributed by atoms with E-state index in [0.29, 0.717) is 18.5 Å². The largest absolute Gasteiger partial charge is 0.343 e. The van der Waals surface area contributed by atoms with Crippen LogP contribution in [0.4, 0.5) is 0 Å². The minimum Gasteiger partial charge on any atom is -0.343 e. The summed E-state index contributed by atoms with van der Waals surface area (Å²) in [6.07, 6.45) is 0. The van der Waals surface area contributed by atoms with E-state index in [1.165, 1.54) is 0 Å². The summed E-state index contributed by atoms with van der Waals surface area (Å²) in [4.78, 5) is 0. The van der Waals surface area contributed by atoms with Crippen molar-refractivity contribution in [1.82, 2.24) is 0 Å².